The summed E-state index contributed by atoms with van der Waals surface area (Å²) in [6.07, 6.45) is 7.91. The van der Waals surface area contributed by atoms with E-state index in [-0.39, 0.29) is 17.9 Å². The molecule has 2 fully saturated rings. The van der Waals surface area contributed by atoms with Gasteiger partial charge in [0.1, 0.15) is 5.84 Å². The smallest absolute Gasteiger partial charge is 0.315 e. The van der Waals surface area contributed by atoms with Gasteiger partial charge in [-0.25, -0.2) is 4.79 Å². The van der Waals surface area contributed by atoms with Gasteiger partial charge in [0.25, 0.3) is 0 Å². The van der Waals surface area contributed by atoms with E-state index in [1.807, 2.05) is 0 Å². The fraction of sp³-hybridized carbons (Fsp3) is 0.857. The number of rotatable bonds is 3. The van der Waals surface area contributed by atoms with Gasteiger partial charge in [0.2, 0.25) is 0 Å². The van der Waals surface area contributed by atoms with Crippen LogP contribution in [0.1, 0.15) is 51.4 Å². The van der Waals surface area contributed by atoms with Gasteiger partial charge in [0.05, 0.1) is 18.2 Å². The summed E-state index contributed by atoms with van der Waals surface area (Å²) in [5.41, 5.74) is 5.13. The van der Waals surface area contributed by atoms with Gasteiger partial charge < -0.3 is 21.1 Å². The van der Waals surface area contributed by atoms with E-state index in [0.29, 0.717) is 13.2 Å². The van der Waals surface area contributed by atoms with Crippen molar-refractivity contribution in [3.8, 4) is 0 Å². The van der Waals surface area contributed by atoms with E-state index >= 15 is 0 Å². The number of nitrogens with two attached hydrogens (primary N) is 1. The highest BCUT2D eigenvalue weighted by Crippen LogP contribution is 2.26. The molecule has 114 valence electrons. The molecule has 20 heavy (non-hydrogen) atoms. The topological polar surface area (TPSA) is 100 Å². The Labute approximate surface area is 120 Å². The molecule has 0 aromatic rings. The van der Waals surface area contributed by atoms with Crippen molar-refractivity contribution in [2.24, 2.45) is 5.73 Å². The predicted molar refractivity (Wildman–Crippen MR) is 77.9 cm³/mol. The number of hydrogen-bond donors (Lipinski definition) is 4. The predicted octanol–water partition coefficient (Wildman–Crippen LogP) is 1.49. The molecule has 5 N–H and O–H groups in total. The summed E-state index contributed by atoms with van der Waals surface area (Å²) < 4.78 is 5.25. The Balaban J connectivity index is 1.95. The van der Waals surface area contributed by atoms with Crippen LogP contribution in [0.25, 0.3) is 0 Å². The monoisotopic (exact) mass is 282 g/mol. The number of nitrogens with one attached hydrogen (secondary N) is 3. The van der Waals surface area contributed by atoms with Crippen LogP contribution in [0.4, 0.5) is 4.79 Å². The fourth-order valence-corrected chi connectivity index (χ4v) is 3.06. The van der Waals surface area contributed by atoms with Crippen molar-refractivity contribution in [3.05, 3.63) is 0 Å². The highest BCUT2D eigenvalue weighted by atomic mass is 16.5. The molecule has 1 heterocycles. The minimum Gasteiger partial charge on any atom is -0.386 e. The molecule has 2 aliphatic rings. The molecule has 1 saturated carbocycles. The maximum atomic E-state index is 12.1. The van der Waals surface area contributed by atoms with Crippen molar-refractivity contribution in [1.82, 2.24) is 10.6 Å². The lowest BCUT2D eigenvalue weighted by Crippen LogP contribution is -2.60. The second-order valence-corrected chi connectivity index (χ2v) is 5.92. The first-order valence-electron chi connectivity index (χ1n) is 7.63. The highest BCUT2D eigenvalue weighted by Gasteiger charge is 2.35. The van der Waals surface area contributed by atoms with Gasteiger partial charge in [-0.3, -0.25) is 5.41 Å². The average molecular weight is 282 g/mol. The zero-order chi connectivity index (χ0) is 14.4. The lowest BCUT2D eigenvalue weighted by molar-refractivity contribution is 0.187. The maximum Gasteiger partial charge on any atom is 0.315 e. The third-order valence-corrected chi connectivity index (χ3v) is 4.34. The number of amidine groups is 1. The van der Waals surface area contributed by atoms with E-state index in [9.17, 15) is 4.79 Å². The molecule has 1 aliphatic carbocycles. The maximum absolute atomic E-state index is 12.1. The minimum absolute atomic E-state index is 0.0764. The second-order valence-electron chi connectivity index (χ2n) is 5.92. The highest BCUT2D eigenvalue weighted by molar-refractivity contribution is 5.91. The van der Waals surface area contributed by atoms with Crippen LogP contribution in [0.5, 0.6) is 0 Å². The van der Waals surface area contributed by atoms with E-state index in [1.165, 1.54) is 6.42 Å². The molecule has 0 spiro atoms. The van der Waals surface area contributed by atoms with Crippen molar-refractivity contribution in [2.45, 2.75) is 62.9 Å². The molecule has 1 atom stereocenters. The van der Waals surface area contributed by atoms with Crippen LogP contribution in [-0.4, -0.2) is 36.7 Å². The van der Waals surface area contributed by atoms with Crippen LogP contribution in [-0.2, 0) is 4.74 Å². The Morgan fingerprint density at radius 1 is 1.20 bits per heavy atom. The zero-order valence-corrected chi connectivity index (χ0v) is 12.0. The van der Waals surface area contributed by atoms with E-state index in [1.54, 1.807) is 0 Å². The third kappa shape index (κ3) is 3.85. The molecule has 6 heteroatoms. The Bertz CT molecular complexity index is 345. The first-order chi connectivity index (χ1) is 9.62. The summed E-state index contributed by atoms with van der Waals surface area (Å²) in [7, 11) is 0. The molecular weight excluding hydrogens is 256 g/mol. The van der Waals surface area contributed by atoms with Crippen LogP contribution >= 0.6 is 0 Å². The normalized spacial score (nSPS) is 26.3. The molecular formula is C14H26N4O2. The molecule has 1 aliphatic heterocycles. The number of carbonyl (C=O) groups excluding carboxylic acids is 1. The molecule has 2 rings (SSSR count). The summed E-state index contributed by atoms with van der Waals surface area (Å²) in [5.74, 6) is 0.0808. The van der Waals surface area contributed by atoms with E-state index < -0.39 is 5.54 Å². The van der Waals surface area contributed by atoms with Gasteiger partial charge in [-0.15, -0.1) is 0 Å². The van der Waals surface area contributed by atoms with Crippen molar-refractivity contribution in [2.75, 3.05) is 13.2 Å². The summed E-state index contributed by atoms with van der Waals surface area (Å²) in [4.78, 5) is 12.1. The lowest BCUT2D eigenvalue weighted by atomic mass is 9.83. The summed E-state index contributed by atoms with van der Waals surface area (Å²) >= 11 is 0. The number of hydrogen-bond acceptors (Lipinski definition) is 3. The second kappa shape index (κ2) is 6.92. The van der Waals surface area contributed by atoms with Crippen LogP contribution in [0.15, 0.2) is 0 Å². The van der Waals surface area contributed by atoms with Gasteiger partial charge in [-0.05, 0) is 19.3 Å². The van der Waals surface area contributed by atoms with E-state index in [4.69, 9.17) is 15.9 Å². The molecule has 1 unspecified atom stereocenters. The summed E-state index contributed by atoms with van der Waals surface area (Å²) in [6.45, 7) is 1.27. The summed E-state index contributed by atoms with van der Waals surface area (Å²) in [6, 6.07) is -0.149. The Morgan fingerprint density at radius 2 is 1.85 bits per heavy atom. The van der Waals surface area contributed by atoms with Crippen molar-refractivity contribution >= 4 is 11.9 Å². The molecule has 0 bridgehead atoms. The quantitative estimate of drug-likeness (QED) is 0.466. The van der Waals surface area contributed by atoms with Crippen LogP contribution in [0, 0.1) is 5.41 Å². The van der Waals surface area contributed by atoms with E-state index in [2.05, 4.69) is 10.6 Å². The first-order valence-corrected chi connectivity index (χ1v) is 7.63. The number of amides is 2. The number of carbonyl (C=O) groups is 1. The molecule has 2 amide bonds. The van der Waals surface area contributed by atoms with Crippen LogP contribution in [0.3, 0.4) is 0 Å². The van der Waals surface area contributed by atoms with Crippen LogP contribution < -0.4 is 16.4 Å². The number of ether oxygens (including phenoxy) is 1. The van der Waals surface area contributed by atoms with Gasteiger partial charge in [-0.1, -0.05) is 32.1 Å². The van der Waals surface area contributed by atoms with Crippen LogP contribution in [0.2, 0.25) is 0 Å². The summed E-state index contributed by atoms with van der Waals surface area (Å²) in [5, 5.41) is 13.8. The molecule has 0 radical (unpaired) electrons. The minimum atomic E-state index is -0.663. The Hall–Kier alpha value is -1.30. The largest absolute Gasteiger partial charge is 0.386 e. The van der Waals surface area contributed by atoms with Gasteiger partial charge in [0, 0.05) is 6.61 Å². The standard InChI is InChI=1S/C14H26N4O2/c15-12(16)14(7-4-2-1-3-5-8-14)18-13(19)17-11-6-9-20-10-11/h11H,1-10H2,(H3,15,16)(H2,17,18,19). The molecule has 1 saturated heterocycles. The fourth-order valence-electron chi connectivity index (χ4n) is 3.06. The lowest BCUT2D eigenvalue weighted by Gasteiger charge is -2.35. The Morgan fingerprint density at radius 3 is 2.40 bits per heavy atom. The van der Waals surface area contributed by atoms with Gasteiger partial charge in [0.15, 0.2) is 0 Å². The van der Waals surface area contributed by atoms with Gasteiger partial charge >= 0.3 is 6.03 Å². The van der Waals surface area contributed by atoms with E-state index in [0.717, 1.165) is 44.9 Å². The Kier molecular flexibility index (Phi) is 5.23. The molecule has 0 aromatic heterocycles. The third-order valence-electron chi connectivity index (χ3n) is 4.34. The van der Waals surface area contributed by atoms with Crippen molar-refractivity contribution in [1.29, 1.82) is 5.41 Å². The molecule has 0 aromatic carbocycles. The zero-order valence-electron chi connectivity index (χ0n) is 12.0. The SMILES string of the molecule is N=C(N)C1(NC(=O)NC2CCOC2)CCCCCCC1. The van der Waals surface area contributed by atoms with Crippen molar-refractivity contribution < 1.29 is 9.53 Å². The average Bonchev–Trinajstić information content (AvgIpc) is 2.85. The number of urea groups is 1. The van der Waals surface area contributed by atoms with Gasteiger partial charge in [-0.2, -0.15) is 0 Å². The van der Waals surface area contributed by atoms with Crippen molar-refractivity contribution in [3.63, 3.8) is 0 Å². The molecule has 6 nitrogen and oxygen atoms in total. The first kappa shape index (κ1) is 15.1.